The van der Waals surface area contributed by atoms with E-state index in [0.717, 1.165) is 11.8 Å². The minimum absolute atomic E-state index is 0.531. The zero-order valence-electron chi connectivity index (χ0n) is 11.9. The molecule has 1 aliphatic carbocycles. The lowest BCUT2D eigenvalue weighted by Gasteiger charge is -2.21. The zero-order valence-corrected chi connectivity index (χ0v) is 14.3. The fourth-order valence-electron chi connectivity index (χ4n) is 2.43. The van der Waals surface area contributed by atoms with Crippen LogP contribution in [0.4, 0.5) is 0 Å². The Kier molecular flexibility index (Phi) is 6.24. The number of rotatable bonds is 5. The molecular weight excluding hydrogens is 318 g/mol. The topological polar surface area (TPSA) is 12.0 Å². The van der Waals surface area contributed by atoms with Gasteiger partial charge >= 0.3 is 0 Å². The molecule has 1 N–H and O–H groups in total. The van der Waals surface area contributed by atoms with Crippen LogP contribution in [0.15, 0.2) is 27.6 Å². The second-order valence-electron chi connectivity index (χ2n) is 5.67. The summed E-state index contributed by atoms with van der Waals surface area (Å²) in [4.78, 5) is 1.41. The number of thioether (sulfide) groups is 1. The first kappa shape index (κ1) is 15.4. The maximum atomic E-state index is 3.71. The van der Waals surface area contributed by atoms with E-state index >= 15 is 0 Å². The molecule has 0 bridgehead atoms. The summed E-state index contributed by atoms with van der Waals surface area (Å²) in [6.07, 6.45) is 7.03. The molecule has 0 unspecified atom stereocenters. The number of benzene rings is 1. The lowest BCUT2D eigenvalue weighted by molar-refractivity contribution is 0.516. The number of halogens is 1. The molecule has 2 rings (SSSR count). The van der Waals surface area contributed by atoms with E-state index in [0.29, 0.717) is 6.04 Å². The average Bonchev–Trinajstić information content (AvgIpc) is 2.39. The highest BCUT2D eigenvalue weighted by Gasteiger charge is 2.15. The van der Waals surface area contributed by atoms with E-state index in [1.54, 1.807) is 0 Å². The van der Waals surface area contributed by atoms with Crippen LogP contribution in [0.5, 0.6) is 0 Å². The molecule has 19 heavy (non-hydrogen) atoms. The van der Waals surface area contributed by atoms with E-state index in [2.05, 4.69) is 65.1 Å². The second-order valence-corrected chi connectivity index (χ2v) is 7.89. The van der Waals surface area contributed by atoms with Crippen molar-refractivity contribution in [3.05, 3.63) is 28.2 Å². The minimum Gasteiger partial charge on any atom is -0.310 e. The Morgan fingerprint density at radius 1 is 1.26 bits per heavy atom. The van der Waals surface area contributed by atoms with Gasteiger partial charge in [-0.05, 0) is 30.5 Å². The molecule has 1 saturated carbocycles. The van der Waals surface area contributed by atoms with E-state index in [-0.39, 0.29) is 0 Å². The van der Waals surface area contributed by atoms with Crippen LogP contribution in [-0.4, -0.2) is 11.3 Å². The maximum Gasteiger partial charge on any atom is 0.0231 e. The van der Waals surface area contributed by atoms with E-state index in [1.165, 1.54) is 47.0 Å². The van der Waals surface area contributed by atoms with E-state index in [1.807, 2.05) is 0 Å². The van der Waals surface area contributed by atoms with Gasteiger partial charge in [0.05, 0.1) is 0 Å². The van der Waals surface area contributed by atoms with Crippen molar-refractivity contribution in [2.75, 3.05) is 0 Å². The summed E-state index contributed by atoms with van der Waals surface area (Å²) in [5, 5.41) is 4.30. The molecule has 3 heteroatoms. The molecule has 1 aromatic carbocycles. The molecule has 1 aliphatic rings. The molecule has 0 radical (unpaired) electrons. The molecule has 0 amide bonds. The molecule has 0 spiro atoms. The van der Waals surface area contributed by atoms with Crippen LogP contribution in [0.3, 0.4) is 0 Å². The molecular formula is C16H24BrNS. The molecule has 0 saturated heterocycles. The van der Waals surface area contributed by atoms with Crippen LogP contribution in [-0.2, 0) is 6.54 Å². The van der Waals surface area contributed by atoms with Crippen molar-refractivity contribution in [3.8, 4) is 0 Å². The summed E-state index contributed by atoms with van der Waals surface area (Å²) < 4.78 is 1.24. The standard InChI is InChI=1S/C16H24BrNS/c1-12(2)18-11-13-8-9-15(10-16(13)17)19-14-6-4-3-5-7-14/h8-10,12,14,18H,3-7,11H2,1-2H3. The largest absolute Gasteiger partial charge is 0.310 e. The highest BCUT2D eigenvalue weighted by atomic mass is 79.9. The normalized spacial score (nSPS) is 17.1. The third kappa shape index (κ3) is 5.13. The summed E-state index contributed by atoms with van der Waals surface area (Å²) >= 11 is 5.77. The Balaban J connectivity index is 1.93. The monoisotopic (exact) mass is 341 g/mol. The van der Waals surface area contributed by atoms with Crippen LogP contribution >= 0.6 is 27.7 Å². The smallest absolute Gasteiger partial charge is 0.0231 e. The number of hydrogen-bond acceptors (Lipinski definition) is 2. The number of hydrogen-bond donors (Lipinski definition) is 1. The van der Waals surface area contributed by atoms with Crippen molar-refractivity contribution in [3.63, 3.8) is 0 Å². The van der Waals surface area contributed by atoms with Crippen LogP contribution < -0.4 is 5.32 Å². The highest BCUT2D eigenvalue weighted by molar-refractivity contribution is 9.10. The molecule has 1 aromatic rings. The first-order chi connectivity index (χ1) is 9.15. The Morgan fingerprint density at radius 2 is 2.00 bits per heavy atom. The van der Waals surface area contributed by atoms with E-state index < -0.39 is 0 Å². The molecule has 0 aliphatic heterocycles. The van der Waals surface area contributed by atoms with Gasteiger partial charge in [-0.15, -0.1) is 11.8 Å². The van der Waals surface area contributed by atoms with Crippen molar-refractivity contribution in [1.29, 1.82) is 0 Å². The van der Waals surface area contributed by atoms with Crippen molar-refractivity contribution < 1.29 is 0 Å². The van der Waals surface area contributed by atoms with Crippen molar-refractivity contribution in [1.82, 2.24) is 5.32 Å². The third-order valence-electron chi connectivity index (χ3n) is 3.58. The molecule has 106 valence electrons. The van der Waals surface area contributed by atoms with Crippen molar-refractivity contribution in [2.24, 2.45) is 0 Å². The first-order valence-corrected chi connectivity index (χ1v) is 9.01. The quantitative estimate of drug-likeness (QED) is 0.772. The summed E-state index contributed by atoms with van der Waals surface area (Å²) in [5.41, 5.74) is 1.35. The Hall–Kier alpha value is 0.01000. The fraction of sp³-hybridized carbons (Fsp3) is 0.625. The average molecular weight is 342 g/mol. The second kappa shape index (κ2) is 7.70. The predicted octanol–water partition coefficient (Wildman–Crippen LogP) is 5.37. The lowest BCUT2D eigenvalue weighted by atomic mass is 10.0. The molecule has 0 heterocycles. The van der Waals surface area contributed by atoms with Crippen LogP contribution in [0.1, 0.15) is 51.5 Å². The van der Waals surface area contributed by atoms with Gasteiger partial charge in [0.2, 0.25) is 0 Å². The van der Waals surface area contributed by atoms with Gasteiger partial charge in [0.15, 0.2) is 0 Å². The predicted molar refractivity (Wildman–Crippen MR) is 88.8 cm³/mol. The summed E-state index contributed by atoms with van der Waals surface area (Å²) in [7, 11) is 0. The molecule has 0 atom stereocenters. The van der Waals surface area contributed by atoms with Gasteiger partial charge < -0.3 is 5.32 Å². The summed E-state index contributed by atoms with van der Waals surface area (Å²) in [5.74, 6) is 0. The fourth-order valence-corrected chi connectivity index (χ4v) is 4.39. The molecule has 1 fully saturated rings. The summed E-state index contributed by atoms with van der Waals surface area (Å²) in [6.45, 7) is 5.30. The summed E-state index contributed by atoms with van der Waals surface area (Å²) in [6, 6.07) is 7.35. The Labute approximate surface area is 130 Å². The minimum atomic E-state index is 0.531. The SMILES string of the molecule is CC(C)NCc1ccc(SC2CCCCC2)cc1Br. The van der Waals surface area contributed by atoms with Crippen LogP contribution in [0, 0.1) is 0 Å². The highest BCUT2D eigenvalue weighted by Crippen LogP contribution is 2.35. The third-order valence-corrected chi connectivity index (χ3v) is 5.65. The first-order valence-electron chi connectivity index (χ1n) is 7.33. The van der Waals surface area contributed by atoms with Gasteiger partial charge in [0.25, 0.3) is 0 Å². The van der Waals surface area contributed by atoms with Crippen LogP contribution in [0.25, 0.3) is 0 Å². The Morgan fingerprint density at radius 3 is 2.63 bits per heavy atom. The maximum absolute atomic E-state index is 3.71. The number of nitrogens with one attached hydrogen (secondary N) is 1. The van der Waals surface area contributed by atoms with Gasteiger partial charge in [-0.3, -0.25) is 0 Å². The van der Waals surface area contributed by atoms with Crippen LogP contribution in [0.2, 0.25) is 0 Å². The van der Waals surface area contributed by atoms with E-state index in [4.69, 9.17) is 0 Å². The van der Waals surface area contributed by atoms with Gasteiger partial charge in [-0.1, -0.05) is 55.1 Å². The van der Waals surface area contributed by atoms with Gasteiger partial charge in [0.1, 0.15) is 0 Å². The zero-order chi connectivity index (χ0) is 13.7. The lowest BCUT2D eigenvalue weighted by Crippen LogP contribution is -2.21. The Bertz CT molecular complexity index is 400. The molecule has 0 aromatic heterocycles. The van der Waals surface area contributed by atoms with Gasteiger partial charge in [-0.25, -0.2) is 0 Å². The molecule has 1 nitrogen and oxygen atoms in total. The van der Waals surface area contributed by atoms with Gasteiger partial charge in [-0.2, -0.15) is 0 Å². The van der Waals surface area contributed by atoms with E-state index in [9.17, 15) is 0 Å². The van der Waals surface area contributed by atoms with Gasteiger partial charge in [0, 0.05) is 27.2 Å². The van der Waals surface area contributed by atoms with Crippen molar-refractivity contribution in [2.45, 2.75) is 68.7 Å². The van der Waals surface area contributed by atoms with Crippen molar-refractivity contribution >= 4 is 27.7 Å².